The molecule has 11 heteroatoms. The van der Waals surface area contributed by atoms with Crippen molar-refractivity contribution in [3.8, 4) is 5.75 Å². The number of nitrogens with two attached hydrogens (primary N) is 1. The molecule has 1 aliphatic carbocycles. The number of aryl methyl sites for hydroxylation is 1. The molecule has 1 saturated carbocycles. The summed E-state index contributed by atoms with van der Waals surface area (Å²) in [6, 6.07) is 5.19. The minimum absolute atomic E-state index is 0.0839. The molecular weight excluding hydrogens is 371 g/mol. The number of aliphatic carboxylic acids is 1. The number of hydrogen-bond donors (Lipinski definition) is 2. The molecule has 3 rings (SSSR count). The molecule has 1 heterocycles. The Bertz CT molecular complexity index is 866. The van der Waals surface area contributed by atoms with E-state index in [1.54, 1.807) is 25.3 Å². The number of hydrogen-bond acceptors (Lipinski definition) is 6. The van der Waals surface area contributed by atoms with Gasteiger partial charge >= 0.3 is 12.1 Å². The number of ether oxygens (including phenoxy) is 1. The van der Waals surface area contributed by atoms with Crippen LogP contribution < -0.4 is 10.5 Å². The Morgan fingerprint density at radius 1 is 1.41 bits per heavy atom. The molecule has 1 aromatic carbocycles. The highest BCUT2D eigenvalue weighted by Gasteiger charge is 2.38. The first-order valence-corrected chi connectivity index (χ1v) is 7.75. The minimum atomic E-state index is -5.08. The highest BCUT2D eigenvalue weighted by atomic mass is 19.4. The number of fused-ring (bicyclic) bond motifs is 1. The van der Waals surface area contributed by atoms with E-state index in [-0.39, 0.29) is 22.8 Å². The first kappa shape index (κ1) is 20.4. The van der Waals surface area contributed by atoms with Crippen molar-refractivity contribution in [1.82, 2.24) is 4.98 Å². The largest absolute Gasteiger partial charge is 0.490 e. The molecular formula is C16H16F3N3O5. The van der Waals surface area contributed by atoms with Gasteiger partial charge in [0.15, 0.2) is 0 Å². The van der Waals surface area contributed by atoms with Crippen LogP contribution >= 0.6 is 0 Å². The van der Waals surface area contributed by atoms with E-state index in [4.69, 9.17) is 20.4 Å². The number of carbonyl (C=O) groups is 1. The van der Waals surface area contributed by atoms with E-state index in [9.17, 15) is 23.3 Å². The summed E-state index contributed by atoms with van der Waals surface area (Å²) >= 11 is 0. The molecule has 8 nitrogen and oxygen atoms in total. The standard InChI is InChI=1S/C14H15N3O3.C2HF3O2/c1-8-4-12-11(7-13(8)17(18)19)14(2-3-16-12)20-10-5-9(15)6-10;3-2(4,5)1(6)7/h2-4,7,9-10H,5-6,15H2,1H3;(H,6,7). The van der Waals surface area contributed by atoms with Gasteiger partial charge in [-0.15, -0.1) is 0 Å². The summed E-state index contributed by atoms with van der Waals surface area (Å²) in [5, 5.41) is 18.8. The summed E-state index contributed by atoms with van der Waals surface area (Å²) < 4.78 is 37.6. The van der Waals surface area contributed by atoms with Crippen LogP contribution in [-0.2, 0) is 4.79 Å². The van der Waals surface area contributed by atoms with Crippen molar-refractivity contribution in [2.75, 3.05) is 0 Å². The van der Waals surface area contributed by atoms with Crippen LogP contribution in [0.2, 0.25) is 0 Å². The molecule has 1 fully saturated rings. The summed E-state index contributed by atoms with van der Waals surface area (Å²) in [5.74, 6) is -2.12. The molecule has 2 aromatic rings. The van der Waals surface area contributed by atoms with Gasteiger partial charge < -0.3 is 15.6 Å². The van der Waals surface area contributed by atoms with Gasteiger partial charge in [-0.25, -0.2) is 4.79 Å². The van der Waals surface area contributed by atoms with Crippen LogP contribution in [-0.4, -0.2) is 39.3 Å². The van der Waals surface area contributed by atoms with Crippen LogP contribution in [0, 0.1) is 17.0 Å². The van der Waals surface area contributed by atoms with Crippen LogP contribution in [0.4, 0.5) is 18.9 Å². The molecule has 0 bridgehead atoms. The van der Waals surface area contributed by atoms with Gasteiger partial charge in [0.2, 0.25) is 0 Å². The average molecular weight is 387 g/mol. The second-order valence-corrected chi connectivity index (χ2v) is 6.00. The first-order valence-electron chi connectivity index (χ1n) is 7.75. The maximum atomic E-state index is 11.0. The fourth-order valence-corrected chi connectivity index (χ4v) is 2.44. The van der Waals surface area contributed by atoms with Crippen LogP contribution in [0.1, 0.15) is 18.4 Å². The fourth-order valence-electron chi connectivity index (χ4n) is 2.44. The Morgan fingerprint density at radius 2 is 2.00 bits per heavy atom. The summed E-state index contributed by atoms with van der Waals surface area (Å²) in [6.45, 7) is 1.71. The van der Waals surface area contributed by atoms with E-state index in [0.717, 1.165) is 12.8 Å². The van der Waals surface area contributed by atoms with Gasteiger partial charge in [0.25, 0.3) is 5.69 Å². The first-order chi connectivity index (χ1) is 12.5. The number of aromatic nitrogens is 1. The summed E-state index contributed by atoms with van der Waals surface area (Å²) in [7, 11) is 0. The van der Waals surface area contributed by atoms with Gasteiger partial charge in [-0.05, 0) is 31.9 Å². The van der Waals surface area contributed by atoms with Crippen LogP contribution in [0.15, 0.2) is 24.4 Å². The SMILES string of the molecule is Cc1cc2nccc(OC3CC(N)C3)c2cc1[N+](=O)[O-].O=C(O)C(F)(F)F. The van der Waals surface area contributed by atoms with E-state index in [0.29, 0.717) is 22.2 Å². The molecule has 0 atom stereocenters. The van der Waals surface area contributed by atoms with Crippen molar-refractivity contribution in [2.45, 2.75) is 38.1 Å². The lowest BCUT2D eigenvalue weighted by Gasteiger charge is -2.32. The van der Waals surface area contributed by atoms with E-state index in [2.05, 4.69) is 4.98 Å². The lowest BCUT2D eigenvalue weighted by atomic mass is 9.90. The number of alkyl halides is 3. The normalized spacial score (nSPS) is 18.9. The van der Waals surface area contributed by atoms with Crippen LogP contribution in [0.25, 0.3) is 10.9 Å². The molecule has 1 aliphatic rings. The Balaban J connectivity index is 0.000000321. The zero-order chi connectivity index (χ0) is 20.4. The van der Waals surface area contributed by atoms with Gasteiger partial charge in [-0.1, -0.05) is 0 Å². The topological polar surface area (TPSA) is 129 Å². The molecule has 0 saturated heterocycles. The van der Waals surface area contributed by atoms with E-state index in [1.807, 2.05) is 0 Å². The third-order valence-corrected chi connectivity index (χ3v) is 3.88. The zero-order valence-corrected chi connectivity index (χ0v) is 14.1. The molecule has 0 radical (unpaired) electrons. The number of rotatable bonds is 3. The van der Waals surface area contributed by atoms with Gasteiger partial charge in [0.1, 0.15) is 11.9 Å². The molecule has 3 N–H and O–H groups in total. The molecule has 146 valence electrons. The van der Waals surface area contributed by atoms with Gasteiger partial charge in [-0.2, -0.15) is 13.2 Å². The predicted octanol–water partition coefficient (Wildman–Crippen LogP) is 2.95. The van der Waals surface area contributed by atoms with Crippen LogP contribution in [0.3, 0.4) is 0 Å². The lowest BCUT2D eigenvalue weighted by Crippen LogP contribution is -2.43. The fraction of sp³-hybridized carbons (Fsp3) is 0.375. The van der Waals surface area contributed by atoms with Crippen molar-refractivity contribution in [3.63, 3.8) is 0 Å². The third-order valence-electron chi connectivity index (χ3n) is 3.88. The van der Waals surface area contributed by atoms with Gasteiger partial charge in [0, 0.05) is 29.3 Å². The number of pyridine rings is 1. The molecule has 0 spiro atoms. The number of carboxylic acids is 1. The van der Waals surface area contributed by atoms with Gasteiger partial charge in [0.05, 0.1) is 10.4 Å². The summed E-state index contributed by atoms with van der Waals surface area (Å²) in [5.41, 5.74) is 7.12. The van der Waals surface area contributed by atoms with Crippen LogP contribution in [0.5, 0.6) is 5.75 Å². The van der Waals surface area contributed by atoms with Crippen molar-refractivity contribution in [3.05, 3.63) is 40.1 Å². The zero-order valence-electron chi connectivity index (χ0n) is 14.1. The van der Waals surface area contributed by atoms with E-state index >= 15 is 0 Å². The third kappa shape index (κ3) is 5.03. The minimum Gasteiger partial charge on any atom is -0.490 e. The van der Waals surface area contributed by atoms with E-state index < -0.39 is 12.1 Å². The van der Waals surface area contributed by atoms with Crippen molar-refractivity contribution in [1.29, 1.82) is 0 Å². The number of carboxylic acid groups (broad SMARTS) is 1. The van der Waals surface area contributed by atoms with E-state index in [1.165, 1.54) is 6.07 Å². The molecule has 1 aromatic heterocycles. The molecule has 0 aliphatic heterocycles. The van der Waals surface area contributed by atoms with Crippen molar-refractivity contribution in [2.24, 2.45) is 5.73 Å². The molecule has 27 heavy (non-hydrogen) atoms. The smallest absolute Gasteiger partial charge is 0.490 e. The van der Waals surface area contributed by atoms with Crippen molar-refractivity contribution >= 4 is 22.6 Å². The Labute approximate surface area is 150 Å². The summed E-state index contributed by atoms with van der Waals surface area (Å²) in [6.07, 6.45) is -1.70. The van der Waals surface area contributed by atoms with Crippen molar-refractivity contribution < 1.29 is 32.7 Å². The highest BCUT2D eigenvalue weighted by Crippen LogP contribution is 2.33. The monoisotopic (exact) mass is 387 g/mol. The molecule has 0 amide bonds. The summed E-state index contributed by atoms with van der Waals surface area (Å²) in [4.78, 5) is 23.8. The number of halogens is 3. The lowest BCUT2D eigenvalue weighted by molar-refractivity contribution is -0.385. The quantitative estimate of drug-likeness (QED) is 0.612. The number of nitrogens with zero attached hydrogens (tertiary/aromatic N) is 2. The Morgan fingerprint density at radius 3 is 2.48 bits per heavy atom. The average Bonchev–Trinajstić information content (AvgIpc) is 2.52. The second-order valence-electron chi connectivity index (χ2n) is 6.00. The van der Waals surface area contributed by atoms with Gasteiger partial charge in [-0.3, -0.25) is 15.1 Å². The predicted molar refractivity (Wildman–Crippen MR) is 88.5 cm³/mol. The number of nitro benzene ring substituents is 1. The highest BCUT2D eigenvalue weighted by molar-refractivity contribution is 5.88. The maximum Gasteiger partial charge on any atom is 0.490 e. The second kappa shape index (κ2) is 7.74. The Hall–Kier alpha value is -2.95. The number of nitro groups is 1. The Kier molecular flexibility index (Phi) is 5.84. The number of benzene rings is 1. The molecule has 0 unspecified atom stereocenters. The maximum absolute atomic E-state index is 11.0.